The average molecular weight is 456 g/mol. The van der Waals surface area contributed by atoms with E-state index in [0.29, 0.717) is 18.5 Å². The van der Waals surface area contributed by atoms with Gasteiger partial charge in [-0.3, -0.25) is 14.9 Å². The van der Waals surface area contributed by atoms with Gasteiger partial charge < -0.3 is 15.2 Å². The molecule has 2 amide bonds. The van der Waals surface area contributed by atoms with Crippen LogP contribution in [0.15, 0.2) is 72.8 Å². The van der Waals surface area contributed by atoms with Gasteiger partial charge in [0.15, 0.2) is 0 Å². The van der Waals surface area contributed by atoms with Crippen molar-refractivity contribution in [1.82, 2.24) is 5.32 Å². The second-order valence-electron chi connectivity index (χ2n) is 8.76. The molecule has 3 aromatic rings. The number of ether oxygens (including phenoxy) is 1. The Hall–Kier alpha value is -4.13. The molecule has 0 atom stereocenters. The molecule has 2 aliphatic rings. The quantitative estimate of drug-likeness (QED) is 0.480. The molecule has 1 saturated carbocycles. The molecule has 0 aromatic heterocycles. The van der Waals surface area contributed by atoms with Crippen LogP contribution in [0.1, 0.15) is 40.2 Å². The molecular weight excluding hydrogens is 432 g/mol. The average Bonchev–Trinajstić information content (AvgIpc) is 3.59. The number of para-hydroxylation sites is 1. The Kier molecular flexibility index (Phi) is 5.53. The van der Waals surface area contributed by atoms with Crippen LogP contribution < -0.4 is 10.6 Å². The molecule has 0 heterocycles. The van der Waals surface area contributed by atoms with Crippen molar-refractivity contribution in [3.63, 3.8) is 0 Å². The van der Waals surface area contributed by atoms with E-state index in [2.05, 4.69) is 22.8 Å². The number of hydrogen-bond donors (Lipinski definition) is 3. The predicted octanol–water partition coefficient (Wildman–Crippen LogP) is 4.64. The highest BCUT2D eigenvalue weighted by Crippen LogP contribution is 2.45. The topological polar surface area (TPSA) is 105 Å². The first-order valence-electron chi connectivity index (χ1n) is 11.2. The van der Waals surface area contributed by atoms with Crippen molar-refractivity contribution in [1.29, 1.82) is 0 Å². The maximum Gasteiger partial charge on any atom is 0.411 e. The highest BCUT2D eigenvalue weighted by molar-refractivity contribution is 6.02. The number of nitrogens with one attached hydrogen (secondary N) is 2. The van der Waals surface area contributed by atoms with E-state index in [9.17, 15) is 19.5 Å². The van der Waals surface area contributed by atoms with Crippen molar-refractivity contribution in [3.05, 3.63) is 89.5 Å². The zero-order valence-corrected chi connectivity index (χ0v) is 18.4. The van der Waals surface area contributed by atoms with Crippen LogP contribution in [-0.4, -0.2) is 36.2 Å². The van der Waals surface area contributed by atoms with Crippen LogP contribution in [0.4, 0.5) is 10.5 Å². The van der Waals surface area contributed by atoms with E-state index in [1.165, 1.54) is 0 Å². The Morgan fingerprint density at radius 3 is 2.09 bits per heavy atom. The number of amides is 2. The van der Waals surface area contributed by atoms with Crippen LogP contribution in [0, 0.1) is 5.41 Å². The number of fused-ring (bicyclic) bond motifs is 3. The molecule has 34 heavy (non-hydrogen) atoms. The Morgan fingerprint density at radius 1 is 0.882 bits per heavy atom. The molecule has 1 fully saturated rings. The van der Waals surface area contributed by atoms with E-state index in [0.717, 1.165) is 22.3 Å². The summed E-state index contributed by atoms with van der Waals surface area (Å²) < 4.78 is 5.57. The van der Waals surface area contributed by atoms with E-state index >= 15 is 0 Å². The van der Waals surface area contributed by atoms with Gasteiger partial charge in [0.25, 0.3) is 5.91 Å². The summed E-state index contributed by atoms with van der Waals surface area (Å²) in [5.74, 6) is -1.41. The van der Waals surface area contributed by atoms with E-state index < -0.39 is 23.4 Å². The SMILES string of the molecule is O=C(Nc1ccccc1C(=O)NCC1(C(=O)O)CC1)OCC1c2ccccc2-c2ccccc21. The molecule has 172 valence electrons. The lowest BCUT2D eigenvalue weighted by molar-refractivity contribution is -0.143. The fourth-order valence-electron chi connectivity index (χ4n) is 4.50. The number of rotatable bonds is 7. The molecule has 0 aliphatic heterocycles. The smallest absolute Gasteiger partial charge is 0.411 e. The van der Waals surface area contributed by atoms with Gasteiger partial charge in [-0.2, -0.15) is 0 Å². The fraction of sp³-hybridized carbons (Fsp3) is 0.222. The zero-order chi connectivity index (χ0) is 23.7. The second kappa shape index (κ2) is 8.67. The van der Waals surface area contributed by atoms with Crippen LogP contribution in [0.5, 0.6) is 0 Å². The standard InChI is InChI=1S/C27H24N2O5/c30-24(28-16-27(13-14-27)25(31)32)21-11-5-6-12-23(21)29-26(33)34-15-22-19-9-3-1-7-17(19)18-8-2-4-10-20(18)22/h1-12,22H,13-16H2,(H,28,30)(H,29,33)(H,31,32). The summed E-state index contributed by atoms with van der Waals surface area (Å²) in [7, 11) is 0. The Balaban J connectivity index is 1.25. The summed E-state index contributed by atoms with van der Waals surface area (Å²) in [6.07, 6.45) is 0.427. The molecule has 0 radical (unpaired) electrons. The van der Waals surface area contributed by atoms with Gasteiger partial charge in [0.05, 0.1) is 16.7 Å². The summed E-state index contributed by atoms with van der Waals surface area (Å²) in [6, 6.07) is 22.7. The summed E-state index contributed by atoms with van der Waals surface area (Å²) in [5.41, 5.74) is 4.19. The molecule has 0 bridgehead atoms. The third-order valence-corrected chi connectivity index (χ3v) is 6.65. The minimum absolute atomic E-state index is 0.0560. The zero-order valence-electron chi connectivity index (χ0n) is 18.4. The molecule has 2 aliphatic carbocycles. The number of hydrogen-bond acceptors (Lipinski definition) is 4. The fourth-order valence-corrected chi connectivity index (χ4v) is 4.50. The van der Waals surface area contributed by atoms with Crippen molar-refractivity contribution >= 4 is 23.7 Å². The molecular formula is C27H24N2O5. The van der Waals surface area contributed by atoms with Gasteiger partial charge >= 0.3 is 12.1 Å². The third kappa shape index (κ3) is 4.01. The summed E-state index contributed by atoms with van der Waals surface area (Å²) in [5, 5.41) is 14.7. The number of carboxylic acid groups (broad SMARTS) is 1. The van der Waals surface area contributed by atoms with Gasteiger partial charge in [-0.25, -0.2) is 4.79 Å². The van der Waals surface area contributed by atoms with Crippen molar-refractivity contribution in [2.45, 2.75) is 18.8 Å². The van der Waals surface area contributed by atoms with E-state index in [4.69, 9.17) is 4.74 Å². The summed E-state index contributed by atoms with van der Waals surface area (Å²) >= 11 is 0. The van der Waals surface area contributed by atoms with Gasteiger partial charge in [-0.15, -0.1) is 0 Å². The van der Waals surface area contributed by atoms with E-state index in [1.807, 2.05) is 36.4 Å². The van der Waals surface area contributed by atoms with E-state index in [-0.39, 0.29) is 24.6 Å². The highest BCUT2D eigenvalue weighted by Gasteiger charge is 2.50. The first-order chi connectivity index (χ1) is 16.5. The Bertz CT molecular complexity index is 1240. The van der Waals surface area contributed by atoms with Gasteiger partial charge in [0.1, 0.15) is 6.61 Å². The maximum atomic E-state index is 12.7. The molecule has 0 spiro atoms. The van der Waals surface area contributed by atoms with Crippen molar-refractivity contribution in [3.8, 4) is 11.1 Å². The number of carbonyl (C=O) groups is 3. The van der Waals surface area contributed by atoms with Crippen LogP contribution in [0.3, 0.4) is 0 Å². The molecule has 3 N–H and O–H groups in total. The summed E-state index contributed by atoms with van der Waals surface area (Å²) in [6.45, 7) is 0.218. The second-order valence-corrected chi connectivity index (χ2v) is 8.76. The normalized spacial score (nSPS) is 15.1. The van der Waals surface area contributed by atoms with Gasteiger partial charge in [0, 0.05) is 12.5 Å². The van der Waals surface area contributed by atoms with Gasteiger partial charge in [-0.05, 0) is 47.2 Å². The number of benzene rings is 3. The lowest BCUT2D eigenvalue weighted by Gasteiger charge is -2.16. The Morgan fingerprint density at radius 2 is 1.47 bits per heavy atom. The number of carboxylic acids is 1. The maximum absolute atomic E-state index is 12.7. The minimum atomic E-state index is -0.905. The minimum Gasteiger partial charge on any atom is -0.481 e. The highest BCUT2D eigenvalue weighted by atomic mass is 16.5. The van der Waals surface area contributed by atoms with Crippen molar-refractivity contribution in [2.75, 3.05) is 18.5 Å². The monoisotopic (exact) mass is 456 g/mol. The lowest BCUT2D eigenvalue weighted by Crippen LogP contribution is -2.34. The van der Waals surface area contributed by atoms with E-state index in [1.54, 1.807) is 24.3 Å². The van der Waals surface area contributed by atoms with Crippen molar-refractivity contribution in [2.24, 2.45) is 5.41 Å². The Labute approximate surface area is 196 Å². The number of aliphatic carboxylic acids is 1. The third-order valence-electron chi connectivity index (χ3n) is 6.65. The molecule has 0 unspecified atom stereocenters. The molecule has 3 aromatic carbocycles. The molecule has 0 saturated heterocycles. The summed E-state index contributed by atoms with van der Waals surface area (Å²) in [4.78, 5) is 36.7. The first-order valence-corrected chi connectivity index (χ1v) is 11.2. The van der Waals surface area contributed by atoms with Crippen LogP contribution in [-0.2, 0) is 9.53 Å². The first kappa shape index (κ1) is 21.7. The largest absolute Gasteiger partial charge is 0.481 e. The molecule has 7 heteroatoms. The van der Waals surface area contributed by atoms with Crippen LogP contribution >= 0.6 is 0 Å². The van der Waals surface area contributed by atoms with Crippen molar-refractivity contribution < 1.29 is 24.2 Å². The molecule has 5 rings (SSSR count). The van der Waals surface area contributed by atoms with Gasteiger partial charge in [0.2, 0.25) is 0 Å². The van der Waals surface area contributed by atoms with Gasteiger partial charge in [-0.1, -0.05) is 60.7 Å². The number of carbonyl (C=O) groups excluding carboxylic acids is 2. The predicted molar refractivity (Wildman–Crippen MR) is 127 cm³/mol. The van der Waals surface area contributed by atoms with Crippen LogP contribution in [0.25, 0.3) is 11.1 Å². The number of anilines is 1. The molecule has 7 nitrogen and oxygen atoms in total. The lowest BCUT2D eigenvalue weighted by atomic mass is 9.98. The van der Waals surface area contributed by atoms with Crippen LogP contribution in [0.2, 0.25) is 0 Å².